The number of hydrogen-bond donors (Lipinski definition) is 0. The summed E-state index contributed by atoms with van der Waals surface area (Å²) in [6.45, 7) is 3.53. The molecule has 2 amide bonds. The number of amides is 2. The van der Waals surface area contributed by atoms with E-state index in [1.54, 1.807) is 4.90 Å². The normalized spacial score (nSPS) is 20.0. The Morgan fingerprint density at radius 1 is 1.23 bits per heavy atom. The number of benzene rings is 1. The van der Waals surface area contributed by atoms with Gasteiger partial charge in [-0.1, -0.05) is 30.3 Å². The second-order valence-electron chi connectivity index (χ2n) is 5.92. The maximum Gasteiger partial charge on any atom is 0.410 e. The molecule has 0 bridgehead atoms. The van der Waals surface area contributed by atoms with Gasteiger partial charge >= 0.3 is 6.09 Å². The van der Waals surface area contributed by atoms with Gasteiger partial charge in [0, 0.05) is 26.2 Å². The SMILES string of the molecule is CN1CCN(C2CN(C(=O)OCc3ccccc3)C2)C(=O)C1. The molecule has 3 rings (SSSR count). The van der Waals surface area contributed by atoms with Crippen LogP contribution in [0, 0.1) is 0 Å². The lowest BCUT2D eigenvalue weighted by Crippen LogP contribution is -2.65. The molecule has 0 spiro atoms. The number of likely N-dealkylation sites (tertiary alicyclic amines) is 1. The highest BCUT2D eigenvalue weighted by Crippen LogP contribution is 2.18. The van der Waals surface area contributed by atoms with Crippen molar-refractivity contribution in [3.8, 4) is 0 Å². The Bertz CT molecular complexity index is 543. The first kappa shape index (κ1) is 14.8. The predicted molar refractivity (Wildman–Crippen MR) is 81.2 cm³/mol. The van der Waals surface area contributed by atoms with Gasteiger partial charge in [0.2, 0.25) is 5.91 Å². The lowest BCUT2D eigenvalue weighted by Gasteiger charge is -2.46. The van der Waals surface area contributed by atoms with Gasteiger partial charge in [0.15, 0.2) is 0 Å². The third-order valence-corrected chi connectivity index (χ3v) is 4.21. The summed E-state index contributed by atoms with van der Waals surface area (Å²) in [4.78, 5) is 29.5. The zero-order valence-corrected chi connectivity index (χ0v) is 12.8. The molecule has 1 aromatic carbocycles. The predicted octanol–water partition coefficient (Wildman–Crippen LogP) is 0.781. The first-order chi connectivity index (χ1) is 10.6. The third kappa shape index (κ3) is 3.22. The number of hydrogen-bond acceptors (Lipinski definition) is 4. The summed E-state index contributed by atoms with van der Waals surface area (Å²) in [5.74, 6) is 0.149. The molecule has 2 aliphatic heterocycles. The number of likely N-dealkylation sites (N-methyl/N-ethyl adjacent to an activating group) is 1. The second kappa shape index (κ2) is 6.36. The standard InChI is InChI=1S/C16H21N3O3/c1-17-7-8-19(15(20)11-17)14-9-18(10-14)16(21)22-12-13-5-3-2-4-6-13/h2-6,14H,7-12H2,1H3. The molecule has 0 unspecified atom stereocenters. The Labute approximate surface area is 130 Å². The van der Waals surface area contributed by atoms with E-state index in [-0.39, 0.29) is 24.6 Å². The van der Waals surface area contributed by atoms with Crippen LogP contribution in [-0.2, 0) is 16.1 Å². The Morgan fingerprint density at radius 2 is 1.95 bits per heavy atom. The number of carbonyl (C=O) groups excluding carboxylic acids is 2. The van der Waals surface area contributed by atoms with Crippen molar-refractivity contribution in [3.05, 3.63) is 35.9 Å². The highest BCUT2D eigenvalue weighted by atomic mass is 16.6. The molecule has 6 heteroatoms. The van der Waals surface area contributed by atoms with Crippen molar-refractivity contribution >= 4 is 12.0 Å². The zero-order valence-electron chi connectivity index (χ0n) is 12.8. The van der Waals surface area contributed by atoms with Crippen LogP contribution >= 0.6 is 0 Å². The molecule has 22 heavy (non-hydrogen) atoms. The van der Waals surface area contributed by atoms with Gasteiger partial charge in [0.1, 0.15) is 6.61 Å². The van der Waals surface area contributed by atoms with Gasteiger partial charge in [-0.25, -0.2) is 4.79 Å². The smallest absolute Gasteiger partial charge is 0.410 e. The summed E-state index contributed by atoms with van der Waals surface area (Å²) >= 11 is 0. The topological polar surface area (TPSA) is 53.1 Å². The van der Waals surface area contributed by atoms with Gasteiger partial charge in [0.25, 0.3) is 0 Å². The molecule has 0 aliphatic carbocycles. The molecule has 118 valence electrons. The van der Waals surface area contributed by atoms with Crippen molar-refractivity contribution in [1.29, 1.82) is 0 Å². The number of rotatable bonds is 3. The molecule has 2 heterocycles. The van der Waals surface area contributed by atoms with Crippen molar-refractivity contribution in [1.82, 2.24) is 14.7 Å². The van der Waals surface area contributed by atoms with Crippen molar-refractivity contribution in [2.24, 2.45) is 0 Å². The van der Waals surface area contributed by atoms with Crippen molar-refractivity contribution in [2.75, 3.05) is 39.8 Å². The van der Waals surface area contributed by atoms with Crippen molar-refractivity contribution in [3.63, 3.8) is 0 Å². The van der Waals surface area contributed by atoms with Gasteiger partial charge < -0.3 is 14.5 Å². The molecule has 0 saturated carbocycles. The number of piperazine rings is 1. The molecular formula is C16H21N3O3. The largest absolute Gasteiger partial charge is 0.445 e. The van der Waals surface area contributed by atoms with E-state index >= 15 is 0 Å². The van der Waals surface area contributed by atoms with Gasteiger partial charge in [-0.05, 0) is 12.6 Å². The minimum Gasteiger partial charge on any atom is -0.445 e. The van der Waals surface area contributed by atoms with Crippen LogP contribution in [0.3, 0.4) is 0 Å². The summed E-state index contributed by atoms with van der Waals surface area (Å²) in [7, 11) is 1.95. The van der Waals surface area contributed by atoms with Crippen LogP contribution in [0.25, 0.3) is 0 Å². The first-order valence-electron chi connectivity index (χ1n) is 7.57. The minimum absolute atomic E-state index is 0.144. The van der Waals surface area contributed by atoms with Crippen LogP contribution in [0.1, 0.15) is 5.56 Å². The molecule has 0 N–H and O–H groups in total. The zero-order chi connectivity index (χ0) is 15.5. The van der Waals surface area contributed by atoms with E-state index in [9.17, 15) is 9.59 Å². The molecule has 0 aromatic heterocycles. The van der Waals surface area contributed by atoms with E-state index < -0.39 is 0 Å². The van der Waals surface area contributed by atoms with E-state index in [0.29, 0.717) is 19.6 Å². The van der Waals surface area contributed by atoms with Crippen LogP contribution < -0.4 is 0 Å². The van der Waals surface area contributed by atoms with Crippen molar-refractivity contribution < 1.29 is 14.3 Å². The van der Waals surface area contributed by atoms with Crippen LogP contribution in [0.2, 0.25) is 0 Å². The van der Waals surface area contributed by atoms with E-state index in [4.69, 9.17) is 4.74 Å². The molecule has 2 fully saturated rings. The molecule has 2 saturated heterocycles. The quantitative estimate of drug-likeness (QED) is 0.828. The van der Waals surface area contributed by atoms with Crippen LogP contribution in [0.4, 0.5) is 4.79 Å². The highest BCUT2D eigenvalue weighted by Gasteiger charge is 2.39. The summed E-state index contributed by atoms with van der Waals surface area (Å²) < 4.78 is 5.29. The molecule has 1 aromatic rings. The molecular weight excluding hydrogens is 282 g/mol. The summed E-state index contributed by atoms with van der Waals surface area (Å²) in [5.41, 5.74) is 0.974. The average molecular weight is 303 g/mol. The lowest BCUT2D eigenvalue weighted by molar-refractivity contribution is -0.141. The minimum atomic E-state index is -0.304. The maximum atomic E-state index is 12.0. The molecule has 0 atom stereocenters. The van der Waals surface area contributed by atoms with Gasteiger partial charge in [-0.3, -0.25) is 9.69 Å². The lowest BCUT2D eigenvalue weighted by atomic mass is 10.1. The number of carbonyl (C=O) groups is 2. The summed E-state index contributed by atoms with van der Waals surface area (Å²) in [5, 5.41) is 0. The van der Waals surface area contributed by atoms with Crippen molar-refractivity contribution in [2.45, 2.75) is 12.6 Å². The van der Waals surface area contributed by atoms with Gasteiger partial charge in [0.05, 0.1) is 12.6 Å². The summed E-state index contributed by atoms with van der Waals surface area (Å²) in [6, 6.07) is 9.76. The Hall–Kier alpha value is -2.08. The number of ether oxygens (including phenoxy) is 1. The number of nitrogens with zero attached hydrogens (tertiary/aromatic N) is 3. The fraction of sp³-hybridized carbons (Fsp3) is 0.500. The first-order valence-corrected chi connectivity index (χ1v) is 7.57. The van der Waals surface area contributed by atoms with E-state index in [1.807, 2.05) is 47.2 Å². The van der Waals surface area contributed by atoms with Crippen LogP contribution in [0.5, 0.6) is 0 Å². The fourth-order valence-electron chi connectivity index (χ4n) is 2.80. The molecule has 6 nitrogen and oxygen atoms in total. The maximum absolute atomic E-state index is 12.0. The Balaban J connectivity index is 1.43. The Kier molecular flexibility index (Phi) is 4.29. The highest BCUT2D eigenvalue weighted by molar-refractivity contribution is 5.80. The second-order valence-corrected chi connectivity index (χ2v) is 5.92. The van der Waals surface area contributed by atoms with Crippen LogP contribution in [0.15, 0.2) is 30.3 Å². The fourth-order valence-corrected chi connectivity index (χ4v) is 2.80. The van der Waals surface area contributed by atoms with E-state index in [2.05, 4.69) is 0 Å². The monoisotopic (exact) mass is 303 g/mol. The van der Waals surface area contributed by atoms with Crippen LogP contribution in [-0.4, -0.2) is 72.5 Å². The Morgan fingerprint density at radius 3 is 2.64 bits per heavy atom. The average Bonchev–Trinajstić information content (AvgIpc) is 2.47. The summed E-state index contributed by atoms with van der Waals surface area (Å²) in [6.07, 6.45) is -0.304. The van der Waals surface area contributed by atoms with E-state index in [1.165, 1.54) is 0 Å². The van der Waals surface area contributed by atoms with E-state index in [0.717, 1.165) is 18.7 Å². The molecule has 0 radical (unpaired) electrons. The molecule has 2 aliphatic rings. The van der Waals surface area contributed by atoms with Gasteiger partial charge in [-0.2, -0.15) is 0 Å². The van der Waals surface area contributed by atoms with Gasteiger partial charge in [-0.15, -0.1) is 0 Å². The third-order valence-electron chi connectivity index (χ3n) is 4.21.